The Hall–Kier alpha value is -3.73. The first-order valence-corrected chi connectivity index (χ1v) is 7.56. The Morgan fingerprint density at radius 2 is 2.00 bits per heavy atom. The molecule has 1 aromatic carbocycles. The van der Waals surface area contributed by atoms with Gasteiger partial charge in [0.05, 0.1) is 41.2 Å². The van der Waals surface area contributed by atoms with E-state index < -0.39 is 5.91 Å². The maximum Gasteiger partial charge on any atom is 0.223 e. The van der Waals surface area contributed by atoms with Crippen LogP contribution in [0.15, 0.2) is 42.9 Å². The van der Waals surface area contributed by atoms with Crippen molar-refractivity contribution in [3.8, 4) is 28.7 Å². The molecule has 0 saturated carbocycles. The maximum absolute atomic E-state index is 10.9. The van der Waals surface area contributed by atoms with Crippen molar-refractivity contribution in [1.82, 2.24) is 19.9 Å². The van der Waals surface area contributed by atoms with Crippen molar-refractivity contribution in [3.05, 3.63) is 48.4 Å². The van der Waals surface area contributed by atoms with Gasteiger partial charge in [0.25, 0.3) is 0 Å². The molecule has 0 atom stereocenters. The van der Waals surface area contributed by atoms with E-state index in [4.69, 9.17) is 11.0 Å². The molecule has 0 unspecified atom stereocenters. The third kappa shape index (κ3) is 3.97. The summed E-state index contributed by atoms with van der Waals surface area (Å²) in [5, 5.41) is 11.9. The number of hydrogen-bond acceptors (Lipinski definition) is 6. The van der Waals surface area contributed by atoms with Gasteiger partial charge in [-0.15, -0.1) is 0 Å². The lowest BCUT2D eigenvalue weighted by atomic mass is 10.1. The standard InChI is InChI=1S/C17H15N7O/c18-8-11-1-3-12(4-2-11)13-7-14(15-9-20-10-22-15)24-17(23-13)21-6-5-16(19)25/h1-4,7,9-10H,5-6H2,(H2,19,25)(H,20,22)(H,21,23,24). The summed E-state index contributed by atoms with van der Waals surface area (Å²) in [4.78, 5) is 26.8. The lowest BCUT2D eigenvalue weighted by molar-refractivity contribution is -0.117. The Bertz CT molecular complexity index is 911. The number of H-pyrrole nitrogens is 1. The van der Waals surface area contributed by atoms with E-state index in [1.54, 1.807) is 24.7 Å². The first kappa shape index (κ1) is 16.1. The van der Waals surface area contributed by atoms with E-state index in [0.29, 0.717) is 29.4 Å². The van der Waals surface area contributed by atoms with Gasteiger partial charge in [0, 0.05) is 18.5 Å². The topological polar surface area (TPSA) is 133 Å². The molecule has 0 saturated heterocycles. The van der Waals surface area contributed by atoms with Crippen LogP contribution in [0.2, 0.25) is 0 Å². The van der Waals surface area contributed by atoms with Crippen LogP contribution < -0.4 is 11.1 Å². The second-order valence-corrected chi connectivity index (χ2v) is 5.26. The van der Waals surface area contributed by atoms with E-state index >= 15 is 0 Å². The molecule has 0 aliphatic carbocycles. The molecule has 2 heterocycles. The molecule has 2 aromatic heterocycles. The quantitative estimate of drug-likeness (QED) is 0.628. The highest BCUT2D eigenvalue weighted by Gasteiger charge is 2.10. The number of primary amides is 1. The van der Waals surface area contributed by atoms with Crippen LogP contribution in [0.3, 0.4) is 0 Å². The van der Waals surface area contributed by atoms with Crippen molar-refractivity contribution < 1.29 is 4.79 Å². The Balaban J connectivity index is 1.96. The zero-order chi connectivity index (χ0) is 17.6. The molecule has 25 heavy (non-hydrogen) atoms. The SMILES string of the molecule is N#Cc1ccc(-c2cc(-c3cnc[nH]3)nc(NCCC(N)=O)n2)cc1. The van der Waals surface area contributed by atoms with Crippen molar-refractivity contribution in [2.45, 2.75) is 6.42 Å². The van der Waals surface area contributed by atoms with Gasteiger partial charge in [-0.1, -0.05) is 12.1 Å². The van der Waals surface area contributed by atoms with Gasteiger partial charge in [-0.3, -0.25) is 4.79 Å². The summed E-state index contributed by atoms with van der Waals surface area (Å²) in [5.74, 6) is -0.0164. The minimum Gasteiger partial charge on any atom is -0.370 e. The number of amides is 1. The minimum atomic E-state index is -0.399. The minimum absolute atomic E-state index is 0.184. The number of carbonyl (C=O) groups is 1. The van der Waals surface area contributed by atoms with E-state index in [2.05, 4.69) is 31.3 Å². The number of benzene rings is 1. The number of nitrogens with two attached hydrogens (primary N) is 1. The molecular weight excluding hydrogens is 318 g/mol. The Kier molecular flexibility index (Phi) is 4.67. The third-order valence-corrected chi connectivity index (χ3v) is 3.46. The molecule has 3 rings (SSSR count). The van der Waals surface area contributed by atoms with Crippen LogP contribution in [0, 0.1) is 11.3 Å². The van der Waals surface area contributed by atoms with Gasteiger partial charge in [-0.05, 0) is 18.2 Å². The van der Waals surface area contributed by atoms with E-state index in [-0.39, 0.29) is 6.42 Å². The number of nitrogens with one attached hydrogen (secondary N) is 2. The van der Waals surface area contributed by atoms with Crippen LogP contribution in [0.5, 0.6) is 0 Å². The van der Waals surface area contributed by atoms with E-state index in [0.717, 1.165) is 11.3 Å². The highest BCUT2D eigenvalue weighted by Crippen LogP contribution is 2.24. The molecule has 4 N–H and O–H groups in total. The number of rotatable bonds is 6. The third-order valence-electron chi connectivity index (χ3n) is 3.46. The van der Waals surface area contributed by atoms with Gasteiger partial charge >= 0.3 is 0 Å². The molecule has 0 aliphatic heterocycles. The van der Waals surface area contributed by atoms with Gasteiger partial charge in [-0.25, -0.2) is 15.0 Å². The van der Waals surface area contributed by atoms with Crippen LogP contribution >= 0.6 is 0 Å². The summed E-state index contributed by atoms with van der Waals surface area (Å²) >= 11 is 0. The molecule has 3 aromatic rings. The average molecular weight is 333 g/mol. The number of nitrogens with zero attached hydrogens (tertiary/aromatic N) is 4. The number of anilines is 1. The van der Waals surface area contributed by atoms with Crippen molar-refractivity contribution >= 4 is 11.9 Å². The zero-order valence-electron chi connectivity index (χ0n) is 13.2. The molecule has 0 spiro atoms. The summed E-state index contributed by atoms with van der Waals surface area (Å²) in [7, 11) is 0. The van der Waals surface area contributed by atoms with Crippen LogP contribution in [0.25, 0.3) is 22.6 Å². The van der Waals surface area contributed by atoms with Crippen molar-refractivity contribution in [2.24, 2.45) is 5.73 Å². The zero-order valence-corrected chi connectivity index (χ0v) is 13.2. The Morgan fingerprint density at radius 3 is 2.64 bits per heavy atom. The Labute approximate surface area is 143 Å². The largest absolute Gasteiger partial charge is 0.370 e. The summed E-state index contributed by atoms with van der Waals surface area (Å²) in [5.41, 5.74) is 8.67. The van der Waals surface area contributed by atoms with Gasteiger partial charge in [0.1, 0.15) is 0 Å². The average Bonchev–Trinajstić information content (AvgIpc) is 3.16. The monoisotopic (exact) mass is 333 g/mol. The lowest BCUT2D eigenvalue weighted by Crippen LogP contribution is -2.17. The summed E-state index contributed by atoms with van der Waals surface area (Å²) in [6.07, 6.45) is 3.42. The second kappa shape index (κ2) is 7.23. The maximum atomic E-state index is 10.9. The van der Waals surface area contributed by atoms with Crippen LogP contribution in [0.4, 0.5) is 5.95 Å². The lowest BCUT2D eigenvalue weighted by Gasteiger charge is -2.09. The fraction of sp³-hybridized carbons (Fsp3) is 0.118. The van der Waals surface area contributed by atoms with Crippen molar-refractivity contribution in [1.29, 1.82) is 5.26 Å². The molecule has 1 amide bonds. The van der Waals surface area contributed by atoms with Crippen LogP contribution in [0.1, 0.15) is 12.0 Å². The molecule has 0 radical (unpaired) electrons. The predicted molar refractivity (Wildman–Crippen MR) is 92.1 cm³/mol. The van der Waals surface area contributed by atoms with E-state index in [1.165, 1.54) is 0 Å². The molecule has 8 nitrogen and oxygen atoms in total. The first-order valence-electron chi connectivity index (χ1n) is 7.56. The molecular formula is C17H15N7O. The fourth-order valence-electron chi connectivity index (χ4n) is 2.22. The smallest absolute Gasteiger partial charge is 0.223 e. The predicted octanol–water partition coefficient (Wildman–Crippen LogP) is 1.69. The number of imidazole rings is 1. The molecule has 8 heteroatoms. The first-order chi connectivity index (χ1) is 12.2. The highest BCUT2D eigenvalue weighted by molar-refractivity contribution is 5.74. The number of nitriles is 1. The normalized spacial score (nSPS) is 10.2. The summed E-state index contributed by atoms with van der Waals surface area (Å²) in [6.45, 7) is 0.342. The summed E-state index contributed by atoms with van der Waals surface area (Å²) < 4.78 is 0. The van der Waals surface area contributed by atoms with Crippen molar-refractivity contribution in [2.75, 3.05) is 11.9 Å². The molecule has 0 fully saturated rings. The van der Waals surface area contributed by atoms with Gasteiger partial charge in [0.15, 0.2) is 0 Å². The van der Waals surface area contributed by atoms with Crippen LogP contribution in [-0.2, 0) is 4.79 Å². The number of carbonyl (C=O) groups excluding carboxylic acids is 1. The molecule has 0 aliphatic rings. The van der Waals surface area contributed by atoms with Crippen LogP contribution in [-0.4, -0.2) is 32.4 Å². The number of aromatic amines is 1. The molecule has 0 bridgehead atoms. The Morgan fingerprint density at radius 1 is 1.24 bits per heavy atom. The van der Waals surface area contributed by atoms with Gasteiger partial charge < -0.3 is 16.0 Å². The molecule has 124 valence electrons. The fourth-order valence-corrected chi connectivity index (χ4v) is 2.22. The number of hydrogen-bond donors (Lipinski definition) is 3. The van der Waals surface area contributed by atoms with E-state index in [9.17, 15) is 4.79 Å². The second-order valence-electron chi connectivity index (χ2n) is 5.26. The van der Waals surface area contributed by atoms with Gasteiger partial charge in [0.2, 0.25) is 11.9 Å². The highest BCUT2D eigenvalue weighted by atomic mass is 16.1. The summed E-state index contributed by atoms with van der Waals surface area (Å²) in [6, 6.07) is 11.0. The van der Waals surface area contributed by atoms with Gasteiger partial charge in [-0.2, -0.15) is 5.26 Å². The van der Waals surface area contributed by atoms with Crippen molar-refractivity contribution in [3.63, 3.8) is 0 Å². The number of aromatic nitrogens is 4. The van der Waals surface area contributed by atoms with E-state index in [1.807, 2.05) is 18.2 Å².